The van der Waals surface area contributed by atoms with Crippen molar-refractivity contribution in [1.29, 1.82) is 0 Å². The number of carbonyl (C=O) groups excluding carboxylic acids is 2. The average Bonchev–Trinajstić information content (AvgIpc) is 3.31. The standard InChI is InChI=1S/C29H31N3O5/c1-18-6-4-5-7-24(18)21-10-13-25(19(2)14-21)29(36)32-17-22(31-37-3)15-26(32)28(35)30-16-27(34)20-8-11-23(33)12-9-20/h4-14,26-27,33-34H,15-17H2,1-3H3,(H,30,35)/t26-,27?/m0/s1. The molecule has 8 heteroatoms. The number of carbonyl (C=O) groups is 2. The van der Waals surface area contributed by atoms with Crippen LogP contribution in [0.25, 0.3) is 11.1 Å². The number of rotatable bonds is 7. The van der Waals surface area contributed by atoms with Gasteiger partial charge in [-0.2, -0.15) is 0 Å². The highest BCUT2D eigenvalue weighted by atomic mass is 16.6. The predicted octanol–water partition coefficient (Wildman–Crippen LogP) is 3.74. The van der Waals surface area contributed by atoms with Crippen molar-refractivity contribution < 1.29 is 24.6 Å². The molecule has 1 aliphatic rings. The molecule has 0 bridgehead atoms. The van der Waals surface area contributed by atoms with Crippen LogP contribution in [0.4, 0.5) is 0 Å². The molecule has 1 heterocycles. The Labute approximate surface area is 216 Å². The zero-order valence-corrected chi connectivity index (χ0v) is 21.1. The topological polar surface area (TPSA) is 111 Å². The minimum Gasteiger partial charge on any atom is -0.508 e. The van der Waals surface area contributed by atoms with Crippen LogP contribution in [0.15, 0.2) is 71.9 Å². The first-order chi connectivity index (χ1) is 17.8. The summed E-state index contributed by atoms with van der Waals surface area (Å²) in [7, 11) is 1.43. The highest BCUT2D eigenvalue weighted by Gasteiger charge is 2.39. The minimum atomic E-state index is -0.960. The first-order valence-corrected chi connectivity index (χ1v) is 12.1. The third-order valence-corrected chi connectivity index (χ3v) is 6.60. The van der Waals surface area contributed by atoms with Crippen LogP contribution in [-0.2, 0) is 9.63 Å². The van der Waals surface area contributed by atoms with Gasteiger partial charge >= 0.3 is 0 Å². The van der Waals surface area contributed by atoms with Crippen molar-refractivity contribution in [1.82, 2.24) is 10.2 Å². The van der Waals surface area contributed by atoms with E-state index in [-0.39, 0.29) is 37.1 Å². The number of oxime groups is 1. The molecule has 0 radical (unpaired) electrons. The molecule has 1 unspecified atom stereocenters. The molecule has 1 saturated heterocycles. The van der Waals surface area contributed by atoms with E-state index in [1.165, 1.54) is 24.1 Å². The summed E-state index contributed by atoms with van der Waals surface area (Å²) >= 11 is 0. The van der Waals surface area contributed by atoms with Gasteiger partial charge < -0.3 is 25.3 Å². The number of aryl methyl sites for hydroxylation is 2. The van der Waals surface area contributed by atoms with Crippen LogP contribution in [0.3, 0.4) is 0 Å². The van der Waals surface area contributed by atoms with Crippen molar-refractivity contribution in [3.05, 3.63) is 89.0 Å². The molecule has 0 aromatic heterocycles. The van der Waals surface area contributed by atoms with Crippen molar-refractivity contribution in [2.24, 2.45) is 5.16 Å². The fourth-order valence-electron chi connectivity index (χ4n) is 4.60. The molecule has 1 fully saturated rings. The second kappa shape index (κ2) is 11.3. The highest BCUT2D eigenvalue weighted by molar-refractivity contribution is 6.06. The molecular weight excluding hydrogens is 470 g/mol. The lowest BCUT2D eigenvalue weighted by Gasteiger charge is -2.25. The van der Waals surface area contributed by atoms with E-state index < -0.39 is 12.1 Å². The zero-order chi connectivity index (χ0) is 26.5. The Kier molecular flexibility index (Phi) is 7.89. The third kappa shape index (κ3) is 5.81. The normalized spacial score (nSPS) is 17.0. The lowest BCUT2D eigenvalue weighted by molar-refractivity contribution is -0.125. The van der Waals surface area contributed by atoms with Crippen LogP contribution in [0.5, 0.6) is 5.75 Å². The number of aliphatic hydroxyl groups is 1. The van der Waals surface area contributed by atoms with Crippen molar-refractivity contribution in [2.45, 2.75) is 32.4 Å². The number of aliphatic hydroxyl groups excluding tert-OH is 1. The molecule has 8 nitrogen and oxygen atoms in total. The maximum absolute atomic E-state index is 13.6. The quantitative estimate of drug-likeness (QED) is 0.427. The first kappa shape index (κ1) is 25.9. The molecule has 2 amide bonds. The average molecular weight is 502 g/mol. The van der Waals surface area contributed by atoms with E-state index >= 15 is 0 Å². The molecule has 37 heavy (non-hydrogen) atoms. The molecule has 2 atom stereocenters. The number of amides is 2. The lowest BCUT2D eigenvalue weighted by atomic mass is 9.96. The van der Waals surface area contributed by atoms with Gasteiger partial charge in [-0.05, 0) is 59.9 Å². The largest absolute Gasteiger partial charge is 0.508 e. The van der Waals surface area contributed by atoms with Crippen molar-refractivity contribution in [3.63, 3.8) is 0 Å². The molecular formula is C29H31N3O5. The van der Waals surface area contributed by atoms with Gasteiger partial charge in [0.2, 0.25) is 5.91 Å². The predicted molar refractivity (Wildman–Crippen MR) is 141 cm³/mol. The number of benzene rings is 3. The highest BCUT2D eigenvalue weighted by Crippen LogP contribution is 2.27. The molecule has 0 aliphatic carbocycles. The summed E-state index contributed by atoms with van der Waals surface area (Å²) in [6.07, 6.45) is -0.723. The molecule has 3 aromatic rings. The number of nitrogens with zero attached hydrogens (tertiary/aromatic N) is 2. The maximum Gasteiger partial charge on any atom is 0.255 e. The van der Waals surface area contributed by atoms with E-state index in [2.05, 4.69) is 10.5 Å². The molecule has 0 spiro atoms. The summed E-state index contributed by atoms with van der Waals surface area (Å²) in [5, 5.41) is 26.6. The summed E-state index contributed by atoms with van der Waals surface area (Å²) < 4.78 is 0. The van der Waals surface area contributed by atoms with Crippen molar-refractivity contribution in [3.8, 4) is 16.9 Å². The Balaban J connectivity index is 1.52. The van der Waals surface area contributed by atoms with E-state index in [1.807, 2.05) is 50.2 Å². The second-order valence-corrected chi connectivity index (χ2v) is 9.19. The summed E-state index contributed by atoms with van der Waals surface area (Å²) in [6, 6.07) is 19.1. The molecule has 192 valence electrons. The number of hydrogen-bond acceptors (Lipinski definition) is 6. The SMILES string of the molecule is CON=C1C[C@@H](C(=O)NCC(O)c2ccc(O)cc2)N(C(=O)c2ccc(-c3ccccc3C)cc2C)C1. The van der Waals surface area contributed by atoms with Crippen LogP contribution >= 0.6 is 0 Å². The second-order valence-electron chi connectivity index (χ2n) is 9.19. The van der Waals surface area contributed by atoms with Crippen molar-refractivity contribution >= 4 is 17.5 Å². The van der Waals surface area contributed by atoms with E-state index in [0.29, 0.717) is 16.8 Å². The van der Waals surface area contributed by atoms with Gasteiger partial charge in [0.15, 0.2) is 0 Å². The Hall–Kier alpha value is -4.17. The van der Waals surface area contributed by atoms with Gasteiger partial charge in [-0.1, -0.05) is 53.7 Å². The van der Waals surface area contributed by atoms with Crippen LogP contribution in [0.2, 0.25) is 0 Å². The van der Waals surface area contributed by atoms with Gasteiger partial charge in [0.1, 0.15) is 18.9 Å². The molecule has 3 N–H and O–H groups in total. The number of phenols is 1. The number of likely N-dealkylation sites (tertiary alicyclic amines) is 1. The fourth-order valence-corrected chi connectivity index (χ4v) is 4.60. The molecule has 4 rings (SSSR count). The summed E-state index contributed by atoms with van der Waals surface area (Å²) in [6.45, 7) is 4.07. The fraction of sp³-hybridized carbons (Fsp3) is 0.276. The maximum atomic E-state index is 13.6. The van der Waals surface area contributed by atoms with Gasteiger partial charge in [-0.25, -0.2) is 0 Å². The number of phenolic OH excluding ortho intramolecular Hbond substituents is 1. The number of hydrogen-bond donors (Lipinski definition) is 3. The Morgan fingerprint density at radius 2 is 1.81 bits per heavy atom. The van der Waals surface area contributed by atoms with Gasteiger partial charge in [-0.3, -0.25) is 9.59 Å². The number of aromatic hydroxyl groups is 1. The molecule has 0 saturated carbocycles. The Bertz CT molecular complexity index is 1320. The van der Waals surface area contributed by atoms with Crippen LogP contribution in [0.1, 0.15) is 39.6 Å². The van der Waals surface area contributed by atoms with E-state index in [1.54, 1.807) is 18.2 Å². The van der Waals surface area contributed by atoms with Gasteiger partial charge in [0.05, 0.1) is 18.4 Å². The van der Waals surface area contributed by atoms with Crippen molar-refractivity contribution in [2.75, 3.05) is 20.2 Å². The van der Waals surface area contributed by atoms with Crippen LogP contribution in [0, 0.1) is 13.8 Å². The Morgan fingerprint density at radius 1 is 1.08 bits per heavy atom. The lowest BCUT2D eigenvalue weighted by Crippen LogP contribution is -2.47. The molecule has 3 aromatic carbocycles. The summed E-state index contributed by atoms with van der Waals surface area (Å²) in [5.74, 6) is -0.566. The van der Waals surface area contributed by atoms with Crippen LogP contribution < -0.4 is 5.32 Å². The zero-order valence-electron chi connectivity index (χ0n) is 21.1. The van der Waals surface area contributed by atoms with Crippen LogP contribution in [-0.4, -0.2) is 58.9 Å². The van der Waals surface area contributed by atoms with E-state index in [4.69, 9.17) is 4.84 Å². The summed E-state index contributed by atoms with van der Waals surface area (Å²) in [4.78, 5) is 33.2. The summed E-state index contributed by atoms with van der Waals surface area (Å²) in [5.41, 5.74) is 5.74. The van der Waals surface area contributed by atoms with E-state index in [9.17, 15) is 19.8 Å². The molecule has 1 aliphatic heterocycles. The smallest absolute Gasteiger partial charge is 0.255 e. The van der Waals surface area contributed by atoms with Gasteiger partial charge in [0.25, 0.3) is 5.91 Å². The third-order valence-electron chi connectivity index (χ3n) is 6.60. The van der Waals surface area contributed by atoms with E-state index in [0.717, 1.165) is 22.3 Å². The monoisotopic (exact) mass is 501 g/mol. The first-order valence-electron chi connectivity index (χ1n) is 12.1. The van der Waals surface area contributed by atoms with Gasteiger partial charge in [0, 0.05) is 18.5 Å². The minimum absolute atomic E-state index is 0.0386. The number of nitrogens with one attached hydrogen (secondary N) is 1. The van der Waals surface area contributed by atoms with Gasteiger partial charge in [-0.15, -0.1) is 0 Å². The Morgan fingerprint density at radius 3 is 2.49 bits per heavy atom.